The highest BCUT2D eigenvalue weighted by Crippen LogP contribution is 2.37. The lowest BCUT2D eigenvalue weighted by atomic mass is 10.1. The highest BCUT2D eigenvalue weighted by atomic mass is 35.5. The van der Waals surface area contributed by atoms with E-state index in [1.54, 1.807) is 10.9 Å². The molecule has 5 nitrogen and oxygen atoms in total. The first kappa shape index (κ1) is 15.2. The number of hydrogen-bond donors (Lipinski definition) is 0. The van der Waals surface area contributed by atoms with Gasteiger partial charge in [-0.15, -0.1) is 0 Å². The van der Waals surface area contributed by atoms with Gasteiger partial charge < -0.3 is 9.32 Å². The summed E-state index contributed by atoms with van der Waals surface area (Å²) in [6, 6.07) is 3.79. The zero-order valence-electron chi connectivity index (χ0n) is 12.9. The molecule has 0 aromatic carbocycles. The van der Waals surface area contributed by atoms with Crippen LogP contribution in [-0.2, 0) is 18.3 Å². The maximum Gasteiger partial charge on any atom is 0.223 e. The predicted octanol–water partition coefficient (Wildman–Crippen LogP) is 3.27. The van der Waals surface area contributed by atoms with E-state index < -0.39 is 0 Å². The van der Waals surface area contributed by atoms with Gasteiger partial charge in [0.2, 0.25) is 5.91 Å². The van der Waals surface area contributed by atoms with E-state index in [2.05, 4.69) is 5.10 Å². The first-order valence-electron chi connectivity index (χ1n) is 7.58. The number of aromatic nitrogens is 2. The van der Waals surface area contributed by atoms with Gasteiger partial charge in [-0.2, -0.15) is 5.10 Å². The van der Waals surface area contributed by atoms with Gasteiger partial charge in [-0.1, -0.05) is 11.6 Å². The fourth-order valence-corrected chi connectivity index (χ4v) is 3.52. The summed E-state index contributed by atoms with van der Waals surface area (Å²) < 4.78 is 6.97. The van der Waals surface area contributed by atoms with Crippen molar-refractivity contribution in [2.45, 2.75) is 38.6 Å². The third-order valence-corrected chi connectivity index (χ3v) is 4.72. The molecule has 1 aliphatic rings. The van der Waals surface area contributed by atoms with Crippen molar-refractivity contribution < 1.29 is 9.21 Å². The molecule has 1 aliphatic heterocycles. The van der Waals surface area contributed by atoms with Gasteiger partial charge in [0.25, 0.3) is 0 Å². The summed E-state index contributed by atoms with van der Waals surface area (Å²) in [5.41, 5.74) is 1.90. The first-order valence-corrected chi connectivity index (χ1v) is 7.96. The lowest BCUT2D eigenvalue weighted by Crippen LogP contribution is -2.31. The number of aryl methyl sites for hydroxylation is 3. The zero-order chi connectivity index (χ0) is 15.7. The largest absolute Gasteiger partial charge is 0.469 e. The van der Waals surface area contributed by atoms with Crippen LogP contribution < -0.4 is 0 Å². The molecule has 1 amide bonds. The Morgan fingerprint density at radius 1 is 1.55 bits per heavy atom. The highest BCUT2D eigenvalue weighted by Gasteiger charge is 2.33. The lowest BCUT2D eigenvalue weighted by molar-refractivity contribution is -0.132. The summed E-state index contributed by atoms with van der Waals surface area (Å²) in [5, 5.41) is 5.00. The smallest absolute Gasteiger partial charge is 0.223 e. The number of hydrogen-bond acceptors (Lipinski definition) is 3. The third-order valence-electron chi connectivity index (χ3n) is 4.27. The minimum absolute atomic E-state index is 0.0466. The minimum atomic E-state index is 0.0466. The van der Waals surface area contributed by atoms with Gasteiger partial charge >= 0.3 is 0 Å². The topological polar surface area (TPSA) is 51.3 Å². The number of likely N-dealkylation sites (tertiary alicyclic amines) is 1. The molecule has 0 unspecified atom stereocenters. The summed E-state index contributed by atoms with van der Waals surface area (Å²) in [7, 11) is 1.83. The molecule has 2 aromatic heterocycles. The van der Waals surface area contributed by atoms with Crippen LogP contribution in [0.1, 0.15) is 42.3 Å². The monoisotopic (exact) mass is 321 g/mol. The van der Waals surface area contributed by atoms with Crippen molar-refractivity contribution in [3.05, 3.63) is 40.6 Å². The van der Waals surface area contributed by atoms with Crippen LogP contribution in [-0.4, -0.2) is 27.1 Å². The molecular formula is C16H20ClN3O2. The summed E-state index contributed by atoms with van der Waals surface area (Å²) in [6.45, 7) is 2.73. The van der Waals surface area contributed by atoms with Crippen LogP contribution in [0.25, 0.3) is 0 Å². The number of rotatable bonds is 4. The molecule has 0 saturated carbocycles. The first-order chi connectivity index (χ1) is 10.6. The normalized spacial score (nSPS) is 18.1. The Bertz CT molecular complexity index is 663. The molecular weight excluding hydrogens is 302 g/mol. The molecule has 1 fully saturated rings. The Labute approximate surface area is 134 Å². The Morgan fingerprint density at radius 3 is 3.00 bits per heavy atom. The maximum absolute atomic E-state index is 12.6. The molecule has 22 heavy (non-hydrogen) atoms. The third kappa shape index (κ3) is 2.77. The van der Waals surface area contributed by atoms with E-state index in [-0.39, 0.29) is 11.9 Å². The van der Waals surface area contributed by atoms with E-state index in [1.165, 1.54) is 0 Å². The quantitative estimate of drug-likeness (QED) is 0.868. The van der Waals surface area contributed by atoms with Gasteiger partial charge in [0.1, 0.15) is 10.9 Å². The Hall–Kier alpha value is -1.75. The number of amides is 1. The van der Waals surface area contributed by atoms with E-state index in [0.29, 0.717) is 18.0 Å². The minimum Gasteiger partial charge on any atom is -0.469 e. The van der Waals surface area contributed by atoms with Crippen molar-refractivity contribution in [3.63, 3.8) is 0 Å². The molecule has 0 aliphatic carbocycles. The van der Waals surface area contributed by atoms with Crippen molar-refractivity contribution in [1.29, 1.82) is 0 Å². The Morgan fingerprint density at radius 2 is 2.36 bits per heavy atom. The molecule has 0 bridgehead atoms. The summed E-state index contributed by atoms with van der Waals surface area (Å²) in [6.07, 6.45) is 4.67. The number of carbonyl (C=O) groups excluding carboxylic acids is 1. The number of carbonyl (C=O) groups is 1. The van der Waals surface area contributed by atoms with Crippen molar-refractivity contribution in [1.82, 2.24) is 14.7 Å². The Kier molecular flexibility index (Phi) is 4.25. The standard InChI is InChI=1S/C16H20ClN3O2/c1-11-15(16(17)19(2)18-11)13-6-3-9-20(13)14(21)8-7-12-5-4-10-22-12/h4-5,10,13H,3,6-9H2,1-2H3/t13-/m1/s1. The highest BCUT2D eigenvalue weighted by molar-refractivity contribution is 6.30. The maximum atomic E-state index is 12.6. The molecule has 0 spiro atoms. The number of furan rings is 1. The molecule has 0 radical (unpaired) electrons. The van der Waals surface area contributed by atoms with Gasteiger partial charge in [-0.05, 0) is 31.9 Å². The average Bonchev–Trinajstić information content (AvgIpc) is 3.19. The number of halogens is 1. The van der Waals surface area contributed by atoms with E-state index >= 15 is 0 Å². The van der Waals surface area contributed by atoms with E-state index in [1.807, 2.05) is 31.0 Å². The zero-order valence-corrected chi connectivity index (χ0v) is 13.6. The summed E-state index contributed by atoms with van der Waals surface area (Å²) in [4.78, 5) is 14.5. The van der Waals surface area contributed by atoms with E-state index in [9.17, 15) is 4.79 Å². The molecule has 118 valence electrons. The molecule has 3 rings (SSSR count). The second kappa shape index (κ2) is 6.16. The second-order valence-electron chi connectivity index (χ2n) is 5.74. The van der Waals surface area contributed by atoms with E-state index in [0.717, 1.165) is 36.4 Å². The van der Waals surface area contributed by atoms with Crippen molar-refractivity contribution in [2.24, 2.45) is 7.05 Å². The van der Waals surface area contributed by atoms with Crippen LogP contribution in [0.4, 0.5) is 0 Å². The van der Waals surface area contributed by atoms with Crippen molar-refractivity contribution in [3.8, 4) is 0 Å². The molecule has 2 aromatic rings. The van der Waals surface area contributed by atoms with Gasteiger partial charge in [0.05, 0.1) is 18.0 Å². The molecule has 3 heterocycles. The van der Waals surface area contributed by atoms with Gasteiger partial charge in [0, 0.05) is 32.0 Å². The van der Waals surface area contributed by atoms with Crippen molar-refractivity contribution >= 4 is 17.5 Å². The summed E-state index contributed by atoms with van der Waals surface area (Å²) in [5.74, 6) is 0.998. The second-order valence-corrected chi connectivity index (χ2v) is 6.10. The van der Waals surface area contributed by atoms with Crippen LogP contribution in [0.2, 0.25) is 5.15 Å². The fourth-order valence-electron chi connectivity index (χ4n) is 3.22. The van der Waals surface area contributed by atoms with Gasteiger partial charge in [0.15, 0.2) is 0 Å². The SMILES string of the molecule is Cc1nn(C)c(Cl)c1[C@H]1CCCN1C(=O)CCc1ccco1. The van der Waals surface area contributed by atoms with Crippen LogP contribution in [0.5, 0.6) is 0 Å². The number of nitrogens with zero attached hydrogens (tertiary/aromatic N) is 3. The fraction of sp³-hybridized carbons (Fsp3) is 0.500. The predicted molar refractivity (Wildman–Crippen MR) is 83.7 cm³/mol. The molecule has 6 heteroatoms. The van der Waals surface area contributed by atoms with Gasteiger partial charge in [-0.3, -0.25) is 9.48 Å². The van der Waals surface area contributed by atoms with Crippen LogP contribution >= 0.6 is 11.6 Å². The average molecular weight is 322 g/mol. The van der Waals surface area contributed by atoms with Crippen molar-refractivity contribution in [2.75, 3.05) is 6.54 Å². The van der Waals surface area contributed by atoms with Crippen LogP contribution in [0, 0.1) is 6.92 Å². The Balaban J connectivity index is 1.73. The van der Waals surface area contributed by atoms with Gasteiger partial charge in [-0.25, -0.2) is 0 Å². The molecule has 1 atom stereocenters. The molecule has 0 N–H and O–H groups in total. The van der Waals surface area contributed by atoms with Crippen LogP contribution in [0.3, 0.4) is 0 Å². The van der Waals surface area contributed by atoms with E-state index in [4.69, 9.17) is 16.0 Å². The van der Waals surface area contributed by atoms with Crippen LogP contribution in [0.15, 0.2) is 22.8 Å². The summed E-state index contributed by atoms with van der Waals surface area (Å²) >= 11 is 6.37. The molecule has 1 saturated heterocycles. The lowest BCUT2D eigenvalue weighted by Gasteiger charge is -2.25.